The minimum Gasteiger partial charge on any atom is -0.507 e. The number of nitrogens with zero attached hydrogens (tertiary/aromatic N) is 1. The van der Waals surface area contributed by atoms with Crippen LogP contribution >= 0.6 is 0 Å². The lowest BCUT2D eigenvalue weighted by Gasteiger charge is -2.25. The summed E-state index contributed by atoms with van der Waals surface area (Å²) in [4.78, 5) is 14.2. The van der Waals surface area contributed by atoms with E-state index in [-0.39, 0.29) is 6.04 Å². The third-order valence-electron chi connectivity index (χ3n) is 4.52. The Morgan fingerprint density at radius 3 is 2.64 bits per heavy atom. The minimum absolute atomic E-state index is 0.0928. The lowest BCUT2D eigenvalue weighted by atomic mass is 10.0. The van der Waals surface area contributed by atoms with Crippen molar-refractivity contribution in [2.24, 2.45) is 0 Å². The SMILES string of the molecule is COc1ccc(C[C@@H]2CCCN2C(=O)c2c(O)cc(F)cc2F)cc1. The molecule has 0 saturated carbocycles. The molecule has 2 aromatic carbocycles. The van der Waals surface area contributed by atoms with Crippen LogP contribution in [0.25, 0.3) is 0 Å². The van der Waals surface area contributed by atoms with E-state index in [1.165, 1.54) is 0 Å². The molecule has 6 heteroatoms. The number of ether oxygens (including phenoxy) is 1. The highest BCUT2D eigenvalue weighted by Gasteiger charge is 2.32. The Hall–Kier alpha value is -2.63. The van der Waals surface area contributed by atoms with Crippen LogP contribution in [0, 0.1) is 11.6 Å². The molecule has 1 N–H and O–H groups in total. The maximum absolute atomic E-state index is 14.0. The lowest BCUT2D eigenvalue weighted by Crippen LogP contribution is -2.37. The predicted octanol–water partition coefficient (Wildman–Crippen LogP) is 3.53. The number of aromatic hydroxyl groups is 1. The van der Waals surface area contributed by atoms with E-state index in [0.717, 1.165) is 30.2 Å². The second-order valence-corrected chi connectivity index (χ2v) is 6.13. The van der Waals surface area contributed by atoms with Crippen LogP contribution in [0.5, 0.6) is 11.5 Å². The van der Waals surface area contributed by atoms with Crippen molar-refractivity contribution in [3.63, 3.8) is 0 Å². The predicted molar refractivity (Wildman–Crippen MR) is 88.8 cm³/mol. The number of benzene rings is 2. The first-order valence-electron chi connectivity index (χ1n) is 8.11. The van der Waals surface area contributed by atoms with E-state index in [1.807, 2.05) is 24.3 Å². The van der Waals surface area contributed by atoms with E-state index in [1.54, 1.807) is 12.0 Å². The molecule has 1 heterocycles. The first kappa shape index (κ1) is 17.2. The molecule has 1 amide bonds. The van der Waals surface area contributed by atoms with Gasteiger partial charge in [0.25, 0.3) is 5.91 Å². The number of amides is 1. The van der Waals surface area contributed by atoms with E-state index in [9.17, 15) is 18.7 Å². The van der Waals surface area contributed by atoms with E-state index >= 15 is 0 Å². The highest BCUT2D eigenvalue weighted by molar-refractivity contribution is 5.97. The number of likely N-dealkylation sites (tertiary alicyclic amines) is 1. The maximum Gasteiger partial charge on any atom is 0.260 e. The number of phenolic OH excluding ortho intramolecular Hbond substituents is 1. The number of phenols is 1. The van der Waals surface area contributed by atoms with Gasteiger partial charge in [0.15, 0.2) is 0 Å². The lowest BCUT2D eigenvalue weighted by molar-refractivity contribution is 0.0728. The summed E-state index contributed by atoms with van der Waals surface area (Å²) < 4.78 is 32.3. The molecule has 3 rings (SSSR count). The van der Waals surface area contributed by atoms with E-state index in [0.29, 0.717) is 19.0 Å². The van der Waals surface area contributed by atoms with Crippen molar-refractivity contribution < 1.29 is 23.4 Å². The Balaban J connectivity index is 1.80. The van der Waals surface area contributed by atoms with Gasteiger partial charge in [-0.1, -0.05) is 12.1 Å². The quantitative estimate of drug-likeness (QED) is 0.921. The van der Waals surface area contributed by atoms with Gasteiger partial charge in [-0.3, -0.25) is 4.79 Å². The highest BCUT2D eigenvalue weighted by Crippen LogP contribution is 2.29. The van der Waals surface area contributed by atoms with Crippen LogP contribution in [0.3, 0.4) is 0 Å². The van der Waals surface area contributed by atoms with Crippen LogP contribution in [0.15, 0.2) is 36.4 Å². The molecular formula is C19H19F2NO3. The molecule has 132 valence electrons. The third-order valence-corrected chi connectivity index (χ3v) is 4.52. The van der Waals surface area contributed by atoms with Gasteiger partial charge in [-0.15, -0.1) is 0 Å². The maximum atomic E-state index is 14.0. The second-order valence-electron chi connectivity index (χ2n) is 6.13. The number of hydrogen-bond acceptors (Lipinski definition) is 3. The zero-order valence-electron chi connectivity index (χ0n) is 13.8. The van der Waals surface area contributed by atoms with Crippen molar-refractivity contribution in [2.75, 3.05) is 13.7 Å². The average molecular weight is 347 g/mol. The summed E-state index contributed by atoms with van der Waals surface area (Å²) in [7, 11) is 1.59. The summed E-state index contributed by atoms with van der Waals surface area (Å²) in [6, 6.07) is 8.83. The molecule has 4 nitrogen and oxygen atoms in total. The van der Waals surface area contributed by atoms with Gasteiger partial charge in [0.1, 0.15) is 28.7 Å². The normalized spacial score (nSPS) is 16.9. The van der Waals surface area contributed by atoms with Crippen molar-refractivity contribution in [1.29, 1.82) is 0 Å². The molecule has 25 heavy (non-hydrogen) atoms. The smallest absolute Gasteiger partial charge is 0.260 e. The summed E-state index contributed by atoms with van der Waals surface area (Å²) in [6.07, 6.45) is 2.22. The topological polar surface area (TPSA) is 49.8 Å². The van der Waals surface area contributed by atoms with Crippen LogP contribution in [0.4, 0.5) is 8.78 Å². The summed E-state index contributed by atoms with van der Waals surface area (Å²) in [6.45, 7) is 0.482. The van der Waals surface area contributed by atoms with Crippen molar-refractivity contribution in [1.82, 2.24) is 4.90 Å². The van der Waals surface area contributed by atoms with Crippen LogP contribution in [0.2, 0.25) is 0 Å². The Morgan fingerprint density at radius 2 is 2.00 bits per heavy atom. The van der Waals surface area contributed by atoms with Gasteiger partial charge in [-0.25, -0.2) is 8.78 Å². The molecular weight excluding hydrogens is 328 g/mol. The van der Waals surface area contributed by atoms with Gasteiger partial charge >= 0.3 is 0 Å². The van der Waals surface area contributed by atoms with Crippen LogP contribution < -0.4 is 4.74 Å². The van der Waals surface area contributed by atoms with Crippen LogP contribution in [-0.2, 0) is 6.42 Å². The Kier molecular flexibility index (Phi) is 4.88. The van der Waals surface area contributed by atoms with E-state index < -0.39 is 28.9 Å². The molecule has 0 unspecified atom stereocenters. The molecule has 0 spiro atoms. The molecule has 1 fully saturated rings. The van der Waals surface area contributed by atoms with Crippen molar-refractivity contribution in [3.8, 4) is 11.5 Å². The summed E-state index contributed by atoms with van der Waals surface area (Å²) in [5, 5.41) is 9.80. The molecule has 0 aromatic heterocycles. The van der Waals surface area contributed by atoms with Crippen LogP contribution in [-0.4, -0.2) is 35.6 Å². The monoisotopic (exact) mass is 347 g/mol. The highest BCUT2D eigenvalue weighted by atomic mass is 19.1. The van der Waals surface area contributed by atoms with Crippen molar-refractivity contribution in [2.45, 2.75) is 25.3 Å². The fourth-order valence-corrected chi connectivity index (χ4v) is 3.26. The van der Waals surface area contributed by atoms with Gasteiger partial charge in [0, 0.05) is 24.7 Å². The number of carbonyl (C=O) groups excluding carboxylic acids is 1. The van der Waals surface area contributed by atoms with Crippen molar-refractivity contribution in [3.05, 3.63) is 59.2 Å². The fraction of sp³-hybridized carbons (Fsp3) is 0.316. The van der Waals surface area contributed by atoms with Gasteiger partial charge < -0.3 is 14.7 Å². The molecule has 1 aliphatic heterocycles. The molecule has 1 aliphatic rings. The first-order valence-corrected chi connectivity index (χ1v) is 8.11. The first-order chi connectivity index (χ1) is 12.0. The minimum atomic E-state index is -1.04. The number of hydrogen-bond donors (Lipinski definition) is 1. The number of halogens is 2. The van der Waals surface area contributed by atoms with Crippen molar-refractivity contribution >= 4 is 5.91 Å². The van der Waals surface area contributed by atoms with Gasteiger partial charge in [0.2, 0.25) is 0 Å². The molecule has 0 aliphatic carbocycles. The van der Waals surface area contributed by atoms with E-state index in [2.05, 4.69) is 0 Å². The zero-order valence-corrected chi connectivity index (χ0v) is 13.8. The zero-order chi connectivity index (χ0) is 18.0. The Bertz CT molecular complexity index is 754. The summed E-state index contributed by atoms with van der Waals surface area (Å²) in [5.74, 6) is -2.48. The summed E-state index contributed by atoms with van der Waals surface area (Å²) >= 11 is 0. The molecule has 1 saturated heterocycles. The van der Waals surface area contributed by atoms with Gasteiger partial charge in [0.05, 0.1) is 7.11 Å². The molecule has 1 atom stereocenters. The fourth-order valence-electron chi connectivity index (χ4n) is 3.26. The van der Waals surface area contributed by atoms with Crippen LogP contribution in [0.1, 0.15) is 28.8 Å². The Morgan fingerprint density at radius 1 is 1.28 bits per heavy atom. The standard InChI is InChI=1S/C19H19F2NO3/c1-25-15-6-4-12(5-7-15)9-14-3-2-8-22(14)19(24)18-16(21)10-13(20)11-17(18)23/h4-7,10-11,14,23H,2-3,8-9H2,1H3/t14-/m0/s1. The molecule has 0 radical (unpaired) electrons. The largest absolute Gasteiger partial charge is 0.507 e. The second kappa shape index (κ2) is 7.09. The number of methoxy groups -OCH3 is 1. The van der Waals surface area contributed by atoms with Gasteiger partial charge in [-0.2, -0.15) is 0 Å². The Labute approximate surface area is 144 Å². The number of carbonyl (C=O) groups is 1. The average Bonchev–Trinajstić information content (AvgIpc) is 3.02. The van der Waals surface area contributed by atoms with Gasteiger partial charge in [-0.05, 0) is 37.0 Å². The third kappa shape index (κ3) is 3.57. The summed E-state index contributed by atoms with van der Waals surface area (Å²) in [5.41, 5.74) is 0.567. The molecule has 0 bridgehead atoms. The van der Waals surface area contributed by atoms with E-state index in [4.69, 9.17) is 4.74 Å². The molecule has 2 aromatic rings. The number of rotatable bonds is 4.